The Morgan fingerprint density at radius 1 is 1.68 bits per heavy atom. The van der Waals surface area contributed by atoms with Crippen molar-refractivity contribution in [3.63, 3.8) is 0 Å². The van der Waals surface area contributed by atoms with E-state index in [9.17, 15) is 9.59 Å². The highest BCUT2D eigenvalue weighted by Gasteiger charge is 2.10. The van der Waals surface area contributed by atoms with Crippen molar-refractivity contribution in [2.45, 2.75) is 13.7 Å². The maximum Gasteiger partial charge on any atom is 0.278 e. The van der Waals surface area contributed by atoms with Gasteiger partial charge in [0, 0.05) is 6.92 Å². The molecule has 0 aromatic carbocycles. The zero-order chi connectivity index (χ0) is 13.8. The lowest BCUT2D eigenvalue weighted by molar-refractivity contribution is -0.114. The van der Waals surface area contributed by atoms with Crippen LogP contribution in [-0.2, 0) is 16.3 Å². The molecule has 2 heterocycles. The summed E-state index contributed by atoms with van der Waals surface area (Å²) >= 11 is 0. The van der Waals surface area contributed by atoms with Crippen molar-refractivity contribution in [1.29, 1.82) is 0 Å². The smallest absolute Gasteiger partial charge is 0.278 e. The van der Waals surface area contributed by atoms with Crippen LogP contribution in [-0.4, -0.2) is 32.0 Å². The Morgan fingerprint density at radius 3 is 3.16 bits per heavy atom. The summed E-state index contributed by atoms with van der Waals surface area (Å²) in [6.07, 6.45) is 3.06. The van der Waals surface area contributed by atoms with E-state index in [-0.39, 0.29) is 29.8 Å². The number of anilines is 1. The summed E-state index contributed by atoms with van der Waals surface area (Å²) in [6, 6.07) is 0. The number of imidazole rings is 1. The van der Waals surface area contributed by atoms with Crippen molar-refractivity contribution < 1.29 is 9.53 Å². The molecule has 0 saturated heterocycles. The van der Waals surface area contributed by atoms with Crippen LogP contribution in [0.4, 0.5) is 5.95 Å². The Labute approximate surface area is 108 Å². The maximum absolute atomic E-state index is 11.9. The summed E-state index contributed by atoms with van der Waals surface area (Å²) in [4.78, 5) is 33.3. The minimum absolute atomic E-state index is 0.0715. The van der Waals surface area contributed by atoms with Crippen LogP contribution < -0.4 is 10.9 Å². The second-order valence-corrected chi connectivity index (χ2v) is 3.77. The number of carbonyl (C=O) groups excluding carboxylic acids is 1. The number of nitrogens with zero attached hydrogens (tertiary/aromatic N) is 3. The summed E-state index contributed by atoms with van der Waals surface area (Å²) in [6.45, 7) is 5.40. The summed E-state index contributed by atoms with van der Waals surface area (Å²) in [5.74, 6) is -0.251. The molecular formula is C11H13N5O3. The van der Waals surface area contributed by atoms with E-state index in [4.69, 9.17) is 4.74 Å². The molecule has 0 spiro atoms. The standard InChI is InChI=1S/C11H13N5O3/c1-3-4-19-6-16-5-12-9-8(16)10(18)15-11(14-9)13-7(2)17/h3,5H,1,4,6H2,2H3,(H2,13,14,15,17,18). The molecule has 2 aromatic rings. The monoisotopic (exact) mass is 263 g/mol. The van der Waals surface area contributed by atoms with Crippen molar-refractivity contribution in [2.75, 3.05) is 11.9 Å². The average Bonchev–Trinajstić information content (AvgIpc) is 2.72. The number of carbonyl (C=O) groups is 1. The highest BCUT2D eigenvalue weighted by atomic mass is 16.5. The molecule has 2 aromatic heterocycles. The molecule has 2 rings (SSSR count). The largest absolute Gasteiger partial charge is 0.357 e. The van der Waals surface area contributed by atoms with Gasteiger partial charge < -0.3 is 9.30 Å². The van der Waals surface area contributed by atoms with E-state index >= 15 is 0 Å². The van der Waals surface area contributed by atoms with Crippen LogP contribution in [0, 0.1) is 0 Å². The van der Waals surface area contributed by atoms with Gasteiger partial charge >= 0.3 is 0 Å². The molecule has 0 atom stereocenters. The Hall–Kier alpha value is -2.48. The highest BCUT2D eigenvalue weighted by Crippen LogP contribution is 2.07. The van der Waals surface area contributed by atoms with E-state index in [1.165, 1.54) is 17.8 Å². The third-order valence-corrected chi connectivity index (χ3v) is 2.24. The maximum atomic E-state index is 11.9. The minimum atomic E-state index is -0.395. The molecule has 2 N–H and O–H groups in total. The van der Waals surface area contributed by atoms with Crippen molar-refractivity contribution in [2.24, 2.45) is 0 Å². The molecule has 0 aliphatic rings. The third-order valence-electron chi connectivity index (χ3n) is 2.24. The number of amides is 1. The number of nitrogens with one attached hydrogen (secondary N) is 2. The summed E-state index contributed by atoms with van der Waals surface area (Å²) < 4.78 is 6.77. The SMILES string of the molecule is C=CCOCn1cnc2nc(NC(C)=O)[nH]c(=O)c21. The fraction of sp³-hybridized carbons (Fsp3) is 0.273. The van der Waals surface area contributed by atoms with Gasteiger partial charge in [-0.3, -0.25) is 19.9 Å². The predicted molar refractivity (Wildman–Crippen MR) is 68.6 cm³/mol. The van der Waals surface area contributed by atoms with Crippen LogP contribution in [0.2, 0.25) is 0 Å². The number of aromatic nitrogens is 4. The minimum Gasteiger partial charge on any atom is -0.357 e. The molecule has 100 valence electrons. The second kappa shape index (κ2) is 5.44. The Morgan fingerprint density at radius 2 is 2.47 bits per heavy atom. The van der Waals surface area contributed by atoms with Gasteiger partial charge in [-0.15, -0.1) is 6.58 Å². The number of H-pyrrole nitrogens is 1. The van der Waals surface area contributed by atoms with Crippen LogP contribution in [0.5, 0.6) is 0 Å². The molecule has 8 heteroatoms. The van der Waals surface area contributed by atoms with Crippen LogP contribution in [0.25, 0.3) is 11.2 Å². The van der Waals surface area contributed by atoms with Crippen LogP contribution in [0.15, 0.2) is 23.8 Å². The quantitative estimate of drug-likeness (QED) is 0.594. The lowest BCUT2D eigenvalue weighted by atomic mass is 10.5. The van der Waals surface area contributed by atoms with Gasteiger partial charge in [0.25, 0.3) is 5.56 Å². The van der Waals surface area contributed by atoms with E-state index in [1.807, 2.05) is 0 Å². The van der Waals surface area contributed by atoms with Gasteiger partial charge in [-0.25, -0.2) is 4.98 Å². The van der Waals surface area contributed by atoms with Crippen molar-refractivity contribution in [1.82, 2.24) is 19.5 Å². The van der Waals surface area contributed by atoms with E-state index in [2.05, 4.69) is 26.8 Å². The summed E-state index contributed by atoms with van der Waals surface area (Å²) in [5.41, 5.74) is 0.140. The van der Waals surface area contributed by atoms with Crippen molar-refractivity contribution in [3.05, 3.63) is 29.3 Å². The van der Waals surface area contributed by atoms with Crippen LogP contribution in [0.3, 0.4) is 0 Å². The molecule has 0 aliphatic heterocycles. The fourth-order valence-corrected chi connectivity index (χ4v) is 1.54. The van der Waals surface area contributed by atoms with Gasteiger partial charge in [0.15, 0.2) is 11.2 Å². The Balaban J connectivity index is 2.35. The third kappa shape index (κ3) is 2.86. The number of aromatic amines is 1. The average molecular weight is 263 g/mol. The normalized spacial score (nSPS) is 10.6. The molecule has 0 fully saturated rings. The first-order valence-corrected chi connectivity index (χ1v) is 5.53. The van der Waals surface area contributed by atoms with Crippen LogP contribution >= 0.6 is 0 Å². The fourth-order valence-electron chi connectivity index (χ4n) is 1.54. The number of hydrogen-bond donors (Lipinski definition) is 2. The van der Waals surface area contributed by atoms with Gasteiger partial charge in [-0.05, 0) is 0 Å². The molecule has 1 amide bonds. The summed E-state index contributed by atoms with van der Waals surface area (Å²) in [7, 11) is 0. The van der Waals surface area contributed by atoms with Crippen molar-refractivity contribution in [3.8, 4) is 0 Å². The van der Waals surface area contributed by atoms with Gasteiger partial charge in [-0.1, -0.05) is 6.08 Å². The molecule has 0 unspecified atom stereocenters. The van der Waals surface area contributed by atoms with Gasteiger partial charge in [0.05, 0.1) is 12.9 Å². The van der Waals surface area contributed by atoms with Gasteiger partial charge in [0.2, 0.25) is 11.9 Å². The molecule has 8 nitrogen and oxygen atoms in total. The lowest BCUT2D eigenvalue weighted by Gasteiger charge is -2.04. The highest BCUT2D eigenvalue weighted by molar-refractivity contribution is 5.87. The number of fused-ring (bicyclic) bond motifs is 1. The lowest BCUT2D eigenvalue weighted by Crippen LogP contribution is -2.18. The second-order valence-electron chi connectivity index (χ2n) is 3.77. The molecule has 19 heavy (non-hydrogen) atoms. The Bertz CT molecular complexity index is 673. The van der Waals surface area contributed by atoms with Crippen molar-refractivity contribution >= 4 is 23.0 Å². The predicted octanol–water partition coefficient (Wildman–Crippen LogP) is 0.238. The van der Waals surface area contributed by atoms with Gasteiger partial charge in [-0.2, -0.15) is 4.98 Å². The first-order valence-electron chi connectivity index (χ1n) is 5.53. The first-order chi connectivity index (χ1) is 9.11. The number of rotatable bonds is 5. The molecule has 0 bridgehead atoms. The Kier molecular flexibility index (Phi) is 3.71. The zero-order valence-corrected chi connectivity index (χ0v) is 10.3. The molecule has 0 aliphatic carbocycles. The van der Waals surface area contributed by atoms with E-state index in [0.29, 0.717) is 6.61 Å². The zero-order valence-electron chi connectivity index (χ0n) is 10.3. The van der Waals surface area contributed by atoms with E-state index < -0.39 is 5.56 Å². The number of hydrogen-bond acceptors (Lipinski definition) is 5. The summed E-state index contributed by atoms with van der Waals surface area (Å²) in [5, 5.41) is 2.40. The molecule has 0 radical (unpaired) electrons. The molecular weight excluding hydrogens is 250 g/mol. The molecule has 0 saturated carbocycles. The van der Waals surface area contributed by atoms with Gasteiger partial charge in [0.1, 0.15) is 6.73 Å². The van der Waals surface area contributed by atoms with E-state index in [1.54, 1.807) is 6.08 Å². The van der Waals surface area contributed by atoms with Crippen LogP contribution in [0.1, 0.15) is 6.92 Å². The topological polar surface area (TPSA) is 102 Å². The van der Waals surface area contributed by atoms with E-state index in [0.717, 1.165) is 0 Å². The number of ether oxygens (including phenoxy) is 1. The first kappa shape index (κ1) is 13.0.